The van der Waals surface area contributed by atoms with Crippen LogP contribution in [0.5, 0.6) is 0 Å². The summed E-state index contributed by atoms with van der Waals surface area (Å²) in [6.45, 7) is 12.5. The Morgan fingerprint density at radius 3 is 1.60 bits per heavy atom. The van der Waals surface area contributed by atoms with Gasteiger partial charge in [0.2, 0.25) is 0 Å². The summed E-state index contributed by atoms with van der Waals surface area (Å²) in [5.74, 6) is 0. The van der Waals surface area contributed by atoms with Crippen LogP contribution in [0, 0.1) is 5.41 Å². The first-order chi connectivity index (χ1) is 6.74. The van der Waals surface area contributed by atoms with Gasteiger partial charge in [-0.15, -0.1) is 19.7 Å². The molecule has 0 radical (unpaired) electrons. The molecule has 0 aliphatic carbocycles. The molecule has 0 spiro atoms. The maximum absolute atomic E-state index is 3.89. The second-order valence-electron chi connectivity index (χ2n) is 3.94. The van der Waals surface area contributed by atoms with Crippen molar-refractivity contribution in [3.05, 3.63) is 38.0 Å². The zero-order valence-corrected chi connectivity index (χ0v) is 9.75. The van der Waals surface area contributed by atoms with Crippen molar-refractivity contribution >= 4 is 0 Å². The van der Waals surface area contributed by atoms with E-state index in [4.69, 9.17) is 0 Å². The van der Waals surface area contributed by atoms with Gasteiger partial charge in [-0.25, -0.2) is 0 Å². The van der Waals surface area contributed by atoms with E-state index in [1.54, 1.807) is 0 Å². The molecule has 0 fully saturated rings. The summed E-state index contributed by atoms with van der Waals surface area (Å²) < 4.78 is 0. The Kier molecular flexibility index (Phi) is 10.7. The third kappa shape index (κ3) is 6.26. The van der Waals surface area contributed by atoms with Gasteiger partial charge < -0.3 is 11.2 Å². The fourth-order valence-electron chi connectivity index (χ4n) is 1.97. The van der Waals surface area contributed by atoms with Crippen molar-refractivity contribution in [2.24, 2.45) is 5.41 Å². The quantitative estimate of drug-likeness (QED) is 0.585. The molecule has 15 heavy (non-hydrogen) atoms. The number of quaternary nitrogens is 1. The molecule has 0 saturated carbocycles. The van der Waals surface area contributed by atoms with Crippen molar-refractivity contribution in [2.75, 3.05) is 6.54 Å². The van der Waals surface area contributed by atoms with E-state index in [9.17, 15) is 0 Å². The summed E-state index contributed by atoms with van der Waals surface area (Å²) in [7, 11) is 0. The molecule has 0 amide bonds. The maximum atomic E-state index is 3.89. The number of allylic oxidation sites excluding steroid dienone is 3. The highest BCUT2D eigenvalue weighted by atomic mass is 16.0. The number of hydrogen-bond donors (Lipinski definition) is 1. The van der Waals surface area contributed by atoms with Crippen LogP contribution in [-0.2, 0) is 0 Å². The Bertz CT molecular complexity index is 160. The third-order valence-corrected chi connectivity index (χ3v) is 2.69. The lowest BCUT2D eigenvalue weighted by molar-refractivity contribution is -0.369. The average Bonchev–Trinajstić information content (AvgIpc) is 2.16. The van der Waals surface area contributed by atoms with Crippen molar-refractivity contribution < 1.29 is 11.2 Å². The predicted molar refractivity (Wildman–Crippen MR) is 65.8 cm³/mol. The molecule has 0 heterocycles. The third-order valence-electron chi connectivity index (χ3n) is 2.69. The van der Waals surface area contributed by atoms with Crippen LogP contribution >= 0.6 is 0 Å². The van der Waals surface area contributed by atoms with Crippen LogP contribution in [0.3, 0.4) is 0 Å². The molecule has 0 aliphatic heterocycles. The fourth-order valence-corrected chi connectivity index (χ4v) is 1.97. The Morgan fingerprint density at radius 2 is 1.33 bits per heavy atom. The molecule has 0 saturated heterocycles. The minimum atomic E-state index is 0. The van der Waals surface area contributed by atoms with Crippen LogP contribution in [0.4, 0.5) is 0 Å². The molecule has 0 bridgehead atoms. The summed E-state index contributed by atoms with van der Waals surface area (Å²) in [5.41, 5.74) is 4.20. The van der Waals surface area contributed by atoms with Gasteiger partial charge in [-0.1, -0.05) is 18.2 Å². The van der Waals surface area contributed by atoms with Gasteiger partial charge in [-0.05, 0) is 37.5 Å². The van der Waals surface area contributed by atoms with Crippen molar-refractivity contribution in [1.82, 2.24) is 0 Å². The molecule has 0 unspecified atom stereocenters. The molecular weight excluding hydrogens is 186 g/mol. The Hall–Kier alpha value is -0.860. The molecule has 0 aromatic rings. The second-order valence-corrected chi connectivity index (χ2v) is 3.94. The van der Waals surface area contributed by atoms with Gasteiger partial charge in [-0.2, -0.15) is 0 Å². The molecule has 0 aromatic carbocycles. The van der Waals surface area contributed by atoms with Gasteiger partial charge >= 0.3 is 0 Å². The zero-order chi connectivity index (χ0) is 10.9. The van der Waals surface area contributed by atoms with Gasteiger partial charge in [0.25, 0.3) is 0 Å². The van der Waals surface area contributed by atoms with E-state index < -0.39 is 0 Å². The number of rotatable bonds is 9. The van der Waals surface area contributed by atoms with Crippen LogP contribution in [0.15, 0.2) is 38.0 Å². The van der Waals surface area contributed by atoms with Crippen molar-refractivity contribution in [3.8, 4) is 0 Å². The lowest BCUT2D eigenvalue weighted by Gasteiger charge is -2.30. The van der Waals surface area contributed by atoms with Gasteiger partial charge in [0.05, 0.1) is 6.54 Å². The largest absolute Gasteiger partial charge is 0.870 e. The fraction of sp³-hybridized carbons (Fsp3) is 0.538. The maximum Gasteiger partial charge on any atom is 0.0740 e. The van der Waals surface area contributed by atoms with E-state index in [0.29, 0.717) is 5.41 Å². The molecule has 88 valence electrons. The predicted octanol–water partition coefficient (Wildman–Crippen LogP) is 2.55. The highest BCUT2D eigenvalue weighted by molar-refractivity contribution is 4.95. The summed E-state index contributed by atoms with van der Waals surface area (Å²) >= 11 is 0. The van der Waals surface area contributed by atoms with E-state index in [1.165, 1.54) is 12.8 Å². The lowest BCUT2D eigenvalue weighted by Crippen LogP contribution is -2.50. The van der Waals surface area contributed by atoms with Crippen LogP contribution in [0.25, 0.3) is 0 Å². The molecule has 0 rings (SSSR count). The lowest BCUT2D eigenvalue weighted by atomic mass is 9.74. The Labute approximate surface area is 93.9 Å². The summed E-state index contributed by atoms with van der Waals surface area (Å²) in [5, 5.41) is 0. The first kappa shape index (κ1) is 16.6. The van der Waals surface area contributed by atoms with Crippen LogP contribution in [0.2, 0.25) is 0 Å². The molecule has 2 heteroatoms. The first-order valence-corrected chi connectivity index (χ1v) is 5.36. The molecule has 2 nitrogen and oxygen atoms in total. The normalized spacial score (nSPS) is 10.2. The highest BCUT2D eigenvalue weighted by Crippen LogP contribution is 2.36. The molecule has 4 N–H and O–H groups in total. The SMILES string of the molecule is C=CCC(CC=C)(CC=C)CCC[NH3+].[OH-]. The molecule has 0 aromatic heterocycles. The van der Waals surface area contributed by atoms with Crippen LogP contribution in [0.1, 0.15) is 32.1 Å². The van der Waals surface area contributed by atoms with Crippen LogP contribution in [-0.4, -0.2) is 12.0 Å². The van der Waals surface area contributed by atoms with E-state index in [-0.39, 0.29) is 5.48 Å². The summed E-state index contributed by atoms with van der Waals surface area (Å²) in [6, 6.07) is 0. The van der Waals surface area contributed by atoms with Gasteiger partial charge in [-0.3, -0.25) is 0 Å². The Morgan fingerprint density at radius 1 is 0.933 bits per heavy atom. The Balaban J connectivity index is 0. The van der Waals surface area contributed by atoms with E-state index in [1.807, 2.05) is 18.2 Å². The number of hydrogen-bond acceptors (Lipinski definition) is 1. The molecule has 0 atom stereocenters. The summed E-state index contributed by atoms with van der Waals surface area (Å²) in [4.78, 5) is 0. The monoisotopic (exact) mass is 211 g/mol. The van der Waals surface area contributed by atoms with Gasteiger partial charge in [0, 0.05) is 0 Å². The zero-order valence-electron chi connectivity index (χ0n) is 9.75. The van der Waals surface area contributed by atoms with E-state index in [2.05, 4.69) is 25.5 Å². The standard InChI is InChI=1S/C13H23N.H2O/c1-4-8-13(9-5-2,10-6-3)11-7-12-14;/h4-6H,1-3,7-12,14H2;1H2. The minimum Gasteiger partial charge on any atom is -0.870 e. The van der Waals surface area contributed by atoms with Crippen molar-refractivity contribution in [3.63, 3.8) is 0 Å². The second kappa shape index (κ2) is 9.69. The highest BCUT2D eigenvalue weighted by Gasteiger charge is 2.25. The van der Waals surface area contributed by atoms with E-state index >= 15 is 0 Å². The van der Waals surface area contributed by atoms with Crippen LogP contribution < -0.4 is 5.73 Å². The smallest absolute Gasteiger partial charge is 0.0740 e. The molecular formula is C13H25NO. The summed E-state index contributed by atoms with van der Waals surface area (Å²) in [6.07, 6.45) is 11.5. The first-order valence-electron chi connectivity index (χ1n) is 5.36. The molecule has 0 aliphatic rings. The average molecular weight is 211 g/mol. The van der Waals surface area contributed by atoms with E-state index in [0.717, 1.165) is 25.8 Å². The van der Waals surface area contributed by atoms with Crippen molar-refractivity contribution in [2.45, 2.75) is 32.1 Å². The minimum absolute atomic E-state index is 0. The van der Waals surface area contributed by atoms with Gasteiger partial charge in [0.15, 0.2) is 0 Å². The van der Waals surface area contributed by atoms with Gasteiger partial charge in [0.1, 0.15) is 0 Å². The van der Waals surface area contributed by atoms with Crippen molar-refractivity contribution in [1.29, 1.82) is 0 Å². The topological polar surface area (TPSA) is 57.6 Å².